The quantitative estimate of drug-likeness (QED) is 0.505. The van der Waals surface area contributed by atoms with Gasteiger partial charge in [-0.1, -0.05) is 45.9 Å². The number of halogens is 1. The van der Waals surface area contributed by atoms with E-state index in [1.807, 2.05) is 65.1 Å². The highest BCUT2D eigenvalue weighted by molar-refractivity contribution is 9.10. The Morgan fingerprint density at radius 2 is 1.84 bits per heavy atom. The highest BCUT2D eigenvalue weighted by atomic mass is 79.9. The van der Waals surface area contributed by atoms with Crippen molar-refractivity contribution in [1.82, 2.24) is 14.6 Å². The molecule has 2 aromatic heterocycles. The van der Waals surface area contributed by atoms with E-state index in [1.54, 1.807) is 0 Å². The largest absolute Gasteiger partial charge is 0.325 e. The summed E-state index contributed by atoms with van der Waals surface area (Å²) >= 11 is 4.75. The van der Waals surface area contributed by atoms with Crippen LogP contribution < -0.4 is 5.32 Å². The molecule has 4 aromatic rings. The summed E-state index contributed by atoms with van der Waals surface area (Å²) in [4.78, 5) is 12.2. The maximum absolute atomic E-state index is 12.2. The van der Waals surface area contributed by atoms with Crippen molar-refractivity contribution in [3.8, 4) is 0 Å². The molecule has 0 aliphatic carbocycles. The minimum Gasteiger partial charge on any atom is -0.325 e. The molecule has 0 spiro atoms. The van der Waals surface area contributed by atoms with Gasteiger partial charge in [-0.05, 0) is 47.9 Å². The zero-order valence-corrected chi connectivity index (χ0v) is 15.4. The van der Waals surface area contributed by atoms with Crippen LogP contribution in [0.3, 0.4) is 0 Å². The van der Waals surface area contributed by atoms with Crippen LogP contribution in [-0.2, 0) is 4.79 Å². The van der Waals surface area contributed by atoms with Gasteiger partial charge in [0.25, 0.3) is 0 Å². The van der Waals surface area contributed by atoms with Crippen LogP contribution in [-0.4, -0.2) is 26.3 Å². The van der Waals surface area contributed by atoms with Crippen LogP contribution in [0.15, 0.2) is 70.3 Å². The van der Waals surface area contributed by atoms with Crippen molar-refractivity contribution in [3.05, 3.63) is 65.1 Å². The molecule has 124 valence electrons. The molecule has 5 nitrogen and oxygen atoms in total. The molecule has 7 heteroatoms. The number of carbonyl (C=O) groups excluding carboxylic acids is 1. The van der Waals surface area contributed by atoms with Crippen LogP contribution in [0.1, 0.15) is 0 Å². The number of nitrogens with one attached hydrogen (secondary N) is 1. The summed E-state index contributed by atoms with van der Waals surface area (Å²) in [5.41, 5.74) is 2.57. The molecule has 2 aromatic carbocycles. The van der Waals surface area contributed by atoms with Crippen LogP contribution in [0, 0.1) is 0 Å². The third-order valence-electron chi connectivity index (χ3n) is 3.71. The molecule has 0 aliphatic heterocycles. The second kappa shape index (κ2) is 6.85. The lowest BCUT2D eigenvalue weighted by Gasteiger charge is -2.06. The number of thioether (sulfide) groups is 1. The maximum atomic E-state index is 12.2. The molecule has 0 saturated carbocycles. The first-order valence-corrected chi connectivity index (χ1v) is 9.40. The van der Waals surface area contributed by atoms with Crippen molar-refractivity contribution < 1.29 is 4.79 Å². The fourth-order valence-corrected chi connectivity index (χ4v) is 3.58. The van der Waals surface area contributed by atoms with E-state index in [-0.39, 0.29) is 11.7 Å². The summed E-state index contributed by atoms with van der Waals surface area (Å²) in [6, 6.07) is 19.5. The standard InChI is InChI=1S/C18H13BrN4OS/c19-13-6-8-14(9-7-13)20-17(24)11-25-18-22-21-16-10-5-12-3-1-2-4-15(12)23(16)18/h1-10H,11H2,(H,20,24). The maximum Gasteiger partial charge on any atom is 0.234 e. The predicted molar refractivity (Wildman–Crippen MR) is 104 cm³/mol. The van der Waals surface area contributed by atoms with E-state index in [1.165, 1.54) is 11.8 Å². The van der Waals surface area contributed by atoms with E-state index in [0.29, 0.717) is 5.16 Å². The highest BCUT2D eigenvalue weighted by Crippen LogP contribution is 2.23. The second-order valence-corrected chi connectivity index (χ2v) is 7.27. The lowest BCUT2D eigenvalue weighted by molar-refractivity contribution is -0.113. The summed E-state index contributed by atoms with van der Waals surface area (Å²) in [6.07, 6.45) is 0. The molecule has 25 heavy (non-hydrogen) atoms. The molecule has 0 fully saturated rings. The molecular formula is C18H13BrN4OS. The Hall–Kier alpha value is -2.38. The third kappa shape index (κ3) is 3.38. The number of amides is 1. The molecule has 4 rings (SSSR count). The number of pyridine rings is 1. The van der Waals surface area contributed by atoms with E-state index in [2.05, 4.69) is 31.4 Å². The fourth-order valence-electron chi connectivity index (χ4n) is 2.57. The zero-order valence-electron chi connectivity index (χ0n) is 13.0. The van der Waals surface area contributed by atoms with Gasteiger partial charge in [0.2, 0.25) is 5.91 Å². The van der Waals surface area contributed by atoms with Crippen molar-refractivity contribution in [2.45, 2.75) is 5.16 Å². The Bertz CT molecular complexity index is 1060. The molecule has 1 N–H and O–H groups in total. The van der Waals surface area contributed by atoms with E-state index >= 15 is 0 Å². The predicted octanol–water partition coefficient (Wildman–Crippen LogP) is 4.38. The number of rotatable bonds is 4. The topological polar surface area (TPSA) is 59.3 Å². The monoisotopic (exact) mass is 412 g/mol. The summed E-state index contributed by atoms with van der Waals surface area (Å²) in [6.45, 7) is 0. The number of aromatic nitrogens is 3. The summed E-state index contributed by atoms with van der Waals surface area (Å²) < 4.78 is 2.95. The summed E-state index contributed by atoms with van der Waals surface area (Å²) in [7, 11) is 0. The van der Waals surface area contributed by atoms with Gasteiger partial charge in [-0.25, -0.2) is 0 Å². The third-order valence-corrected chi connectivity index (χ3v) is 5.17. The van der Waals surface area contributed by atoms with Gasteiger partial charge in [-0.3, -0.25) is 9.20 Å². The van der Waals surface area contributed by atoms with Crippen molar-refractivity contribution in [1.29, 1.82) is 0 Å². The normalized spacial score (nSPS) is 11.1. The van der Waals surface area contributed by atoms with Crippen LogP contribution in [0.4, 0.5) is 5.69 Å². The van der Waals surface area contributed by atoms with E-state index in [9.17, 15) is 4.79 Å². The summed E-state index contributed by atoms with van der Waals surface area (Å²) in [5, 5.41) is 13.1. The molecule has 0 aliphatic rings. The average molecular weight is 413 g/mol. The van der Waals surface area contributed by atoms with Crippen LogP contribution in [0.25, 0.3) is 16.6 Å². The minimum absolute atomic E-state index is 0.0793. The molecular weight excluding hydrogens is 400 g/mol. The van der Waals surface area contributed by atoms with Gasteiger partial charge in [0.05, 0.1) is 11.3 Å². The average Bonchev–Trinajstić information content (AvgIpc) is 3.06. The molecule has 1 amide bonds. The van der Waals surface area contributed by atoms with Gasteiger partial charge >= 0.3 is 0 Å². The van der Waals surface area contributed by atoms with Crippen LogP contribution in [0.2, 0.25) is 0 Å². The Balaban J connectivity index is 1.54. The SMILES string of the molecule is O=C(CSc1nnc2ccc3ccccc3n12)Nc1ccc(Br)cc1. The summed E-state index contributed by atoms with van der Waals surface area (Å²) in [5.74, 6) is 0.185. The van der Waals surface area contributed by atoms with Gasteiger partial charge in [0, 0.05) is 10.2 Å². The molecule has 0 bridgehead atoms. The molecule has 0 saturated heterocycles. The number of para-hydroxylation sites is 1. The molecule has 0 radical (unpaired) electrons. The minimum atomic E-state index is -0.0793. The van der Waals surface area contributed by atoms with E-state index in [4.69, 9.17) is 0 Å². The first kappa shape index (κ1) is 16.1. The van der Waals surface area contributed by atoms with Crippen LogP contribution in [0.5, 0.6) is 0 Å². The number of anilines is 1. The van der Waals surface area contributed by atoms with Crippen molar-refractivity contribution in [2.24, 2.45) is 0 Å². The molecule has 2 heterocycles. The van der Waals surface area contributed by atoms with Gasteiger partial charge < -0.3 is 5.32 Å². The number of nitrogens with zero attached hydrogens (tertiary/aromatic N) is 3. The lowest BCUT2D eigenvalue weighted by atomic mass is 10.2. The first-order chi connectivity index (χ1) is 12.2. The molecule has 0 atom stereocenters. The van der Waals surface area contributed by atoms with E-state index in [0.717, 1.165) is 26.7 Å². The number of benzene rings is 2. The van der Waals surface area contributed by atoms with Gasteiger partial charge in [-0.2, -0.15) is 0 Å². The smallest absolute Gasteiger partial charge is 0.234 e. The first-order valence-electron chi connectivity index (χ1n) is 7.62. The second-order valence-electron chi connectivity index (χ2n) is 5.41. The number of fused-ring (bicyclic) bond motifs is 3. The molecule has 0 unspecified atom stereocenters. The van der Waals surface area contributed by atoms with E-state index < -0.39 is 0 Å². The van der Waals surface area contributed by atoms with Crippen LogP contribution >= 0.6 is 27.7 Å². The van der Waals surface area contributed by atoms with Crippen molar-refractivity contribution >= 4 is 55.8 Å². The van der Waals surface area contributed by atoms with Crippen molar-refractivity contribution in [3.63, 3.8) is 0 Å². The zero-order chi connectivity index (χ0) is 17.2. The number of hydrogen-bond acceptors (Lipinski definition) is 4. The van der Waals surface area contributed by atoms with Gasteiger partial charge in [0.1, 0.15) is 0 Å². The Labute approximate surface area is 156 Å². The highest BCUT2D eigenvalue weighted by Gasteiger charge is 2.11. The van der Waals surface area contributed by atoms with Gasteiger partial charge in [0.15, 0.2) is 10.8 Å². The fraction of sp³-hybridized carbons (Fsp3) is 0.0556. The Morgan fingerprint density at radius 3 is 2.68 bits per heavy atom. The number of carbonyl (C=O) groups is 1. The Kier molecular flexibility index (Phi) is 4.42. The lowest BCUT2D eigenvalue weighted by Crippen LogP contribution is -2.14. The number of hydrogen-bond donors (Lipinski definition) is 1. The Morgan fingerprint density at radius 1 is 1.04 bits per heavy atom. The van der Waals surface area contributed by atoms with Crippen molar-refractivity contribution in [2.75, 3.05) is 11.1 Å². The van der Waals surface area contributed by atoms with Gasteiger partial charge in [-0.15, -0.1) is 10.2 Å².